The maximum absolute atomic E-state index is 12.0. The van der Waals surface area contributed by atoms with Crippen molar-refractivity contribution >= 4 is 17.4 Å². The normalized spacial score (nSPS) is 12.4. The number of alkyl halides is 1. The molecule has 0 aliphatic carbocycles. The van der Waals surface area contributed by atoms with Gasteiger partial charge in [-0.2, -0.15) is 5.10 Å². The summed E-state index contributed by atoms with van der Waals surface area (Å²) in [6.45, 7) is 5.49. The largest absolute Gasteiger partial charge is 0.301 e. The zero-order valence-corrected chi connectivity index (χ0v) is 11.3. The second-order valence-corrected chi connectivity index (χ2v) is 4.84. The van der Waals surface area contributed by atoms with E-state index in [1.54, 1.807) is 13.1 Å². The van der Waals surface area contributed by atoms with Gasteiger partial charge in [0.05, 0.1) is 5.38 Å². The van der Waals surface area contributed by atoms with Crippen molar-refractivity contribution < 1.29 is 4.79 Å². The second-order valence-electron chi connectivity index (χ2n) is 4.18. The van der Waals surface area contributed by atoms with E-state index in [4.69, 9.17) is 11.6 Å². The van der Waals surface area contributed by atoms with Gasteiger partial charge in [0.1, 0.15) is 0 Å². The Labute approximate surface area is 111 Å². The lowest BCUT2D eigenvalue weighted by Gasteiger charge is -2.07. The first-order valence-corrected chi connectivity index (χ1v) is 6.11. The van der Waals surface area contributed by atoms with Crippen LogP contribution in [0, 0.1) is 13.8 Å². The summed E-state index contributed by atoms with van der Waals surface area (Å²) in [7, 11) is 0. The van der Waals surface area contributed by atoms with E-state index in [-0.39, 0.29) is 5.78 Å². The van der Waals surface area contributed by atoms with Gasteiger partial charge in [0.15, 0.2) is 11.6 Å². The van der Waals surface area contributed by atoms with E-state index < -0.39 is 5.38 Å². The van der Waals surface area contributed by atoms with Crippen LogP contribution in [-0.4, -0.2) is 25.9 Å². The van der Waals surface area contributed by atoms with Gasteiger partial charge in [-0.05, 0) is 39.0 Å². The van der Waals surface area contributed by atoms with E-state index in [0.29, 0.717) is 11.4 Å². The summed E-state index contributed by atoms with van der Waals surface area (Å²) in [6.07, 6.45) is 1.62. The Morgan fingerprint density at radius 3 is 2.72 bits per heavy atom. The van der Waals surface area contributed by atoms with Crippen LogP contribution in [0.25, 0.3) is 5.82 Å². The average Bonchev–Trinajstić information content (AvgIpc) is 2.65. The van der Waals surface area contributed by atoms with Gasteiger partial charge in [0, 0.05) is 23.1 Å². The van der Waals surface area contributed by atoms with Crippen molar-refractivity contribution in [1.82, 2.24) is 14.8 Å². The molecule has 0 fully saturated rings. The highest BCUT2D eigenvalue weighted by atomic mass is 35.5. The highest BCUT2D eigenvalue weighted by Gasteiger charge is 2.20. The fourth-order valence-electron chi connectivity index (χ4n) is 1.99. The molecule has 0 radical (unpaired) electrons. The number of Topliss-reactive ketones (excluding diaryl/α,β-unsaturated/α-hetero) is 1. The van der Waals surface area contributed by atoms with Crippen molar-refractivity contribution in [2.45, 2.75) is 26.1 Å². The molecule has 0 amide bonds. The second kappa shape index (κ2) is 4.90. The Hall–Kier alpha value is -1.68. The molecule has 0 saturated carbocycles. The molecule has 2 heterocycles. The fourth-order valence-corrected chi connectivity index (χ4v) is 2.11. The molecule has 1 atom stereocenters. The van der Waals surface area contributed by atoms with Crippen LogP contribution in [0.15, 0.2) is 24.4 Å². The van der Waals surface area contributed by atoms with Crippen molar-refractivity contribution in [1.29, 1.82) is 0 Å². The topological polar surface area (TPSA) is 47.8 Å². The van der Waals surface area contributed by atoms with Gasteiger partial charge in [-0.25, -0.2) is 0 Å². The van der Waals surface area contributed by atoms with Crippen LogP contribution in [0.3, 0.4) is 0 Å². The zero-order valence-electron chi connectivity index (χ0n) is 10.5. The van der Waals surface area contributed by atoms with E-state index in [2.05, 4.69) is 10.2 Å². The maximum atomic E-state index is 12.0. The molecule has 2 aromatic heterocycles. The molecule has 2 aromatic rings. The molecule has 2 rings (SSSR count). The third-order valence-electron chi connectivity index (χ3n) is 2.85. The molecule has 5 heteroatoms. The van der Waals surface area contributed by atoms with Gasteiger partial charge in [-0.3, -0.25) is 4.79 Å². The lowest BCUT2D eigenvalue weighted by atomic mass is 10.1. The van der Waals surface area contributed by atoms with Crippen LogP contribution in [0.5, 0.6) is 0 Å². The Kier molecular flexibility index (Phi) is 3.48. The number of carbonyl (C=O) groups is 1. The van der Waals surface area contributed by atoms with Gasteiger partial charge in [0.25, 0.3) is 0 Å². The molecule has 0 saturated heterocycles. The number of aryl methyl sites for hydroxylation is 1. The SMILES string of the molecule is Cc1cc(C(=O)C(C)Cl)c(C)n1-c1cccnn1. The van der Waals surface area contributed by atoms with E-state index >= 15 is 0 Å². The Morgan fingerprint density at radius 2 is 2.17 bits per heavy atom. The van der Waals surface area contributed by atoms with E-state index in [9.17, 15) is 4.79 Å². The van der Waals surface area contributed by atoms with Crippen LogP contribution in [0.1, 0.15) is 28.7 Å². The summed E-state index contributed by atoms with van der Waals surface area (Å²) in [4.78, 5) is 12.0. The molecule has 4 nitrogen and oxygen atoms in total. The standard InChI is InChI=1S/C13H14ClN3O/c1-8-7-11(13(18)9(2)14)10(3)17(8)12-5-4-6-15-16-12/h4-7,9H,1-3H3. The quantitative estimate of drug-likeness (QED) is 0.632. The van der Waals surface area contributed by atoms with Crippen LogP contribution in [0.4, 0.5) is 0 Å². The molecule has 1 unspecified atom stereocenters. The summed E-state index contributed by atoms with van der Waals surface area (Å²) in [5.74, 6) is 0.633. The molecule has 0 N–H and O–H groups in total. The maximum Gasteiger partial charge on any atom is 0.182 e. The van der Waals surface area contributed by atoms with Crippen molar-refractivity contribution in [3.8, 4) is 5.82 Å². The molecule has 0 bridgehead atoms. The third-order valence-corrected chi connectivity index (χ3v) is 3.04. The fraction of sp³-hybridized carbons (Fsp3) is 0.308. The minimum Gasteiger partial charge on any atom is -0.301 e. The molecule has 94 valence electrons. The number of hydrogen-bond acceptors (Lipinski definition) is 3. The number of carbonyl (C=O) groups excluding carboxylic acids is 1. The van der Waals surface area contributed by atoms with Crippen molar-refractivity contribution in [2.24, 2.45) is 0 Å². The van der Waals surface area contributed by atoms with Gasteiger partial charge < -0.3 is 4.57 Å². The lowest BCUT2D eigenvalue weighted by molar-refractivity contribution is 0.0991. The van der Waals surface area contributed by atoms with Crippen LogP contribution < -0.4 is 0 Å². The highest BCUT2D eigenvalue weighted by Crippen LogP contribution is 2.21. The summed E-state index contributed by atoms with van der Waals surface area (Å²) < 4.78 is 1.90. The van der Waals surface area contributed by atoms with Crippen LogP contribution >= 0.6 is 11.6 Å². The summed E-state index contributed by atoms with van der Waals surface area (Å²) in [5.41, 5.74) is 2.42. The molecule has 0 aromatic carbocycles. The van der Waals surface area contributed by atoms with Crippen LogP contribution in [-0.2, 0) is 0 Å². The number of nitrogens with zero attached hydrogens (tertiary/aromatic N) is 3. The molecule has 0 aliphatic rings. The number of hydrogen-bond donors (Lipinski definition) is 0. The lowest BCUT2D eigenvalue weighted by Crippen LogP contribution is -2.12. The Bertz CT molecular complexity index is 575. The van der Waals surface area contributed by atoms with Crippen molar-refractivity contribution in [3.63, 3.8) is 0 Å². The van der Waals surface area contributed by atoms with E-state index in [0.717, 1.165) is 11.4 Å². The van der Waals surface area contributed by atoms with Gasteiger partial charge in [-0.1, -0.05) is 0 Å². The molecule has 0 aliphatic heterocycles. The zero-order chi connectivity index (χ0) is 13.3. The molecular formula is C13H14ClN3O. The number of halogens is 1. The Morgan fingerprint density at radius 1 is 1.44 bits per heavy atom. The predicted molar refractivity (Wildman–Crippen MR) is 70.5 cm³/mol. The smallest absolute Gasteiger partial charge is 0.182 e. The Balaban J connectivity index is 2.55. The number of ketones is 1. The average molecular weight is 264 g/mol. The van der Waals surface area contributed by atoms with Gasteiger partial charge >= 0.3 is 0 Å². The van der Waals surface area contributed by atoms with Crippen LogP contribution in [0.2, 0.25) is 0 Å². The summed E-state index contributed by atoms with van der Waals surface area (Å²) in [6, 6.07) is 5.50. The first-order valence-electron chi connectivity index (χ1n) is 5.67. The third kappa shape index (κ3) is 2.16. The monoisotopic (exact) mass is 263 g/mol. The molecular weight excluding hydrogens is 250 g/mol. The van der Waals surface area contributed by atoms with E-state index in [1.165, 1.54) is 0 Å². The van der Waals surface area contributed by atoms with E-state index in [1.807, 2.05) is 36.6 Å². The van der Waals surface area contributed by atoms with Crippen molar-refractivity contribution in [3.05, 3.63) is 41.3 Å². The first kappa shape index (κ1) is 12.8. The predicted octanol–water partition coefficient (Wildman–Crippen LogP) is 2.69. The summed E-state index contributed by atoms with van der Waals surface area (Å²) >= 11 is 5.86. The minimum absolute atomic E-state index is 0.0695. The minimum atomic E-state index is -0.527. The summed E-state index contributed by atoms with van der Waals surface area (Å²) in [5, 5.41) is 7.38. The number of aromatic nitrogens is 3. The van der Waals surface area contributed by atoms with Crippen molar-refractivity contribution in [2.75, 3.05) is 0 Å². The number of rotatable bonds is 3. The first-order chi connectivity index (χ1) is 8.52. The molecule has 0 spiro atoms. The van der Waals surface area contributed by atoms with Gasteiger partial charge in [-0.15, -0.1) is 16.7 Å². The highest BCUT2D eigenvalue weighted by molar-refractivity contribution is 6.33. The van der Waals surface area contributed by atoms with Gasteiger partial charge in [0.2, 0.25) is 0 Å². The molecule has 18 heavy (non-hydrogen) atoms.